The molecule has 2 heterocycles. The second kappa shape index (κ2) is 6.78. The zero-order valence-electron chi connectivity index (χ0n) is 12.4. The molecule has 1 aliphatic heterocycles. The molecule has 122 valence electrons. The van der Waals surface area contributed by atoms with Gasteiger partial charge in [-0.25, -0.2) is 8.42 Å². The van der Waals surface area contributed by atoms with E-state index in [1.807, 2.05) is 5.38 Å². The molecule has 8 heteroatoms. The van der Waals surface area contributed by atoms with E-state index < -0.39 is 15.4 Å². The molecule has 1 aromatic heterocycles. The average Bonchev–Trinajstić information content (AvgIpc) is 3.03. The van der Waals surface area contributed by atoms with Crippen LogP contribution in [0, 0.1) is 0 Å². The van der Waals surface area contributed by atoms with E-state index in [2.05, 4.69) is 10.6 Å². The molecule has 6 nitrogen and oxygen atoms in total. The fraction of sp³-hybridized carbons (Fsp3) is 0.571. The first kappa shape index (κ1) is 17.0. The van der Waals surface area contributed by atoms with Gasteiger partial charge < -0.3 is 10.6 Å². The second-order valence-corrected chi connectivity index (χ2v) is 8.79. The molecular weight excluding hydrogens is 324 g/mol. The molecule has 0 saturated carbocycles. The van der Waals surface area contributed by atoms with Crippen molar-refractivity contribution in [1.29, 1.82) is 0 Å². The van der Waals surface area contributed by atoms with Crippen LogP contribution in [0.2, 0.25) is 0 Å². The highest BCUT2D eigenvalue weighted by atomic mass is 32.2. The highest BCUT2D eigenvalue weighted by Crippen LogP contribution is 2.22. The maximum absolute atomic E-state index is 11.9. The van der Waals surface area contributed by atoms with Gasteiger partial charge in [-0.1, -0.05) is 0 Å². The van der Waals surface area contributed by atoms with Gasteiger partial charge in [0.25, 0.3) is 5.91 Å². The van der Waals surface area contributed by atoms with Crippen LogP contribution in [0.5, 0.6) is 0 Å². The Balaban J connectivity index is 1.67. The lowest BCUT2D eigenvalue weighted by Crippen LogP contribution is -2.47. The summed E-state index contributed by atoms with van der Waals surface area (Å²) in [6, 6.07) is 1.74. The molecule has 0 spiro atoms. The van der Waals surface area contributed by atoms with Crippen LogP contribution >= 0.6 is 11.3 Å². The van der Waals surface area contributed by atoms with Crippen molar-refractivity contribution in [2.75, 3.05) is 18.1 Å². The third kappa shape index (κ3) is 4.81. The molecule has 2 N–H and O–H groups in total. The molecule has 1 saturated heterocycles. The summed E-state index contributed by atoms with van der Waals surface area (Å²) in [7, 11) is -3.03. The molecule has 2 amide bonds. The molecule has 2 rings (SSSR count). The standard InChI is InChI=1S/C14H20N2O4S2/c1-14(5-8-22(19,20)10-14)16-12(17)3-2-6-15-13(18)11-4-7-21-9-11/h4,7,9H,2-3,5-6,8,10H2,1H3,(H,15,18)(H,16,17). The van der Waals surface area contributed by atoms with Crippen molar-refractivity contribution >= 4 is 33.0 Å². The summed E-state index contributed by atoms with van der Waals surface area (Å²) in [6.07, 6.45) is 1.24. The number of amides is 2. The minimum Gasteiger partial charge on any atom is -0.352 e. The molecule has 1 aliphatic rings. The van der Waals surface area contributed by atoms with E-state index in [0.29, 0.717) is 24.9 Å². The van der Waals surface area contributed by atoms with Gasteiger partial charge in [-0.2, -0.15) is 11.3 Å². The molecular formula is C14H20N2O4S2. The predicted molar refractivity (Wildman–Crippen MR) is 85.7 cm³/mol. The Labute approximate surface area is 134 Å². The Hall–Kier alpha value is -1.41. The number of carbonyl (C=O) groups excluding carboxylic acids is 2. The van der Waals surface area contributed by atoms with E-state index in [1.54, 1.807) is 18.4 Å². The van der Waals surface area contributed by atoms with Crippen molar-refractivity contribution in [2.45, 2.75) is 31.7 Å². The van der Waals surface area contributed by atoms with Gasteiger partial charge in [-0.05, 0) is 31.2 Å². The van der Waals surface area contributed by atoms with Crippen LogP contribution in [0.1, 0.15) is 36.5 Å². The average molecular weight is 344 g/mol. The predicted octanol–water partition coefficient (Wildman–Crippen LogP) is 0.951. The van der Waals surface area contributed by atoms with Gasteiger partial charge in [0.15, 0.2) is 9.84 Å². The normalized spacial score (nSPS) is 23.1. The first-order valence-electron chi connectivity index (χ1n) is 7.12. The lowest BCUT2D eigenvalue weighted by Gasteiger charge is -2.23. The van der Waals surface area contributed by atoms with Crippen molar-refractivity contribution in [3.05, 3.63) is 22.4 Å². The third-order valence-corrected chi connectivity index (χ3v) is 6.18. The summed E-state index contributed by atoms with van der Waals surface area (Å²) in [5.74, 6) is -0.193. The van der Waals surface area contributed by atoms with Gasteiger partial charge in [-0.3, -0.25) is 9.59 Å². The number of hydrogen-bond donors (Lipinski definition) is 2. The van der Waals surface area contributed by atoms with Crippen molar-refractivity contribution in [1.82, 2.24) is 10.6 Å². The minimum absolute atomic E-state index is 0.000627. The zero-order chi connectivity index (χ0) is 16.2. The Kier molecular flexibility index (Phi) is 5.23. The summed E-state index contributed by atoms with van der Waals surface area (Å²) in [5, 5.41) is 9.15. The molecule has 1 fully saturated rings. The van der Waals surface area contributed by atoms with Crippen LogP contribution < -0.4 is 10.6 Å². The monoisotopic (exact) mass is 344 g/mol. The van der Waals surface area contributed by atoms with E-state index in [-0.39, 0.29) is 29.7 Å². The van der Waals surface area contributed by atoms with Crippen LogP contribution in [0.4, 0.5) is 0 Å². The largest absolute Gasteiger partial charge is 0.352 e. The van der Waals surface area contributed by atoms with Crippen molar-refractivity contribution in [2.24, 2.45) is 0 Å². The SMILES string of the molecule is CC1(NC(=O)CCCNC(=O)c2ccsc2)CCS(=O)(=O)C1. The van der Waals surface area contributed by atoms with Gasteiger partial charge in [0.2, 0.25) is 5.91 Å². The Bertz CT molecular complexity index is 640. The summed E-state index contributed by atoms with van der Waals surface area (Å²) in [4.78, 5) is 23.6. The van der Waals surface area contributed by atoms with Gasteiger partial charge in [0.05, 0.1) is 17.0 Å². The van der Waals surface area contributed by atoms with Crippen LogP contribution in [0.25, 0.3) is 0 Å². The van der Waals surface area contributed by atoms with E-state index in [1.165, 1.54) is 11.3 Å². The smallest absolute Gasteiger partial charge is 0.252 e. The number of carbonyl (C=O) groups is 2. The number of rotatable bonds is 6. The van der Waals surface area contributed by atoms with Gasteiger partial charge in [-0.15, -0.1) is 0 Å². The maximum Gasteiger partial charge on any atom is 0.252 e. The highest BCUT2D eigenvalue weighted by Gasteiger charge is 2.39. The van der Waals surface area contributed by atoms with E-state index in [9.17, 15) is 18.0 Å². The number of sulfone groups is 1. The second-order valence-electron chi connectivity index (χ2n) is 5.82. The first-order chi connectivity index (χ1) is 10.3. The van der Waals surface area contributed by atoms with Crippen LogP contribution in [0.3, 0.4) is 0 Å². The van der Waals surface area contributed by atoms with Crippen molar-refractivity contribution in [3.63, 3.8) is 0 Å². The van der Waals surface area contributed by atoms with Gasteiger partial charge in [0.1, 0.15) is 0 Å². The maximum atomic E-state index is 11.9. The highest BCUT2D eigenvalue weighted by molar-refractivity contribution is 7.91. The van der Waals surface area contributed by atoms with E-state index in [0.717, 1.165) is 0 Å². The molecule has 0 radical (unpaired) electrons. The van der Waals surface area contributed by atoms with Gasteiger partial charge in [0, 0.05) is 23.9 Å². The fourth-order valence-electron chi connectivity index (χ4n) is 2.45. The Morgan fingerprint density at radius 2 is 2.18 bits per heavy atom. The number of nitrogens with one attached hydrogen (secondary N) is 2. The zero-order valence-corrected chi connectivity index (χ0v) is 14.1. The Morgan fingerprint density at radius 1 is 1.41 bits per heavy atom. The number of thiophene rings is 1. The van der Waals surface area contributed by atoms with Crippen molar-refractivity contribution < 1.29 is 18.0 Å². The minimum atomic E-state index is -3.03. The topological polar surface area (TPSA) is 92.3 Å². The van der Waals surface area contributed by atoms with Crippen LogP contribution in [-0.4, -0.2) is 43.8 Å². The third-order valence-electron chi connectivity index (χ3n) is 3.59. The summed E-state index contributed by atoms with van der Waals surface area (Å²) >= 11 is 1.46. The summed E-state index contributed by atoms with van der Waals surface area (Å²) in [6.45, 7) is 2.17. The quantitative estimate of drug-likeness (QED) is 0.752. The van der Waals surface area contributed by atoms with Crippen molar-refractivity contribution in [3.8, 4) is 0 Å². The van der Waals surface area contributed by atoms with Crippen LogP contribution in [-0.2, 0) is 14.6 Å². The molecule has 0 aliphatic carbocycles. The van der Waals surface area contributed by atoms with E-state index in [4.69, 9.17) is 0 Å². The fourth-order valence-corrected chi connectivity index (χ4v) is 5.18. The molecule has 0 bridgehead atoms. The molecule has 1 aromatic rings. The lowest BCUT2D eigenvalue weighted by molar-refractivity contribution is -0.122. The molecule has 1 atom stereocenters. The molecule has 1 unspecified atom stereocenters. The summed E-state index contributed by atoms with van der Waals surface area (Å²) < 4.78 is 23.0. The van der Waals surface area contributed by atoms with Gasteiger partial charge >= 0.3 is 0 Å². The van der Waals surface area contributed by atoms with Crippen LogP contribution in [0.15, 0.2) is 16.8 Å². The Morgan fingerprint density at radius 3 is 2.77 bits per heavy atom. The molecule has 0 aromatic carbocycles. The summed E-state index contributed by atoms with van der Waals surface area (Å²) in [5.41, 5.74) is -0.0336. The number of hydrogen-bond acceptors (Lipinski definition) is 5. The molecule has 22 heavy (non-hydrogen) atoms. The lowest BCUT2D eigenvalue weighted by atomic mass is 10.0. The first-order valence-corrected chi connectivity index (χ1v) is 9.88. The van der Waals surface area contributed by atoms with E-state index >= 15 is 0 Å².